The molecule has 22 heavy (non-hydrogen) atoms. The molecule has 1 fully saturated rings. The minimum absolute atomic E-state index is 0.351. The molecule has 1 aromatic carbocycles. The van der Waals surface area contributed by atoms with Gasteiger partial charge in [0.25, 0.3) is 10.2 Å². The Morgan fingerprint density at radius 3 is 2.68 bits per heavy atom. The lowest BCUT2D eigenvalue weighted by atomic mass is 10.0. The summed E-state index contributed by atoms with van der Waals surface area (Å²) in [6, 6.07) is 5.80. The molecule has 8 heteroatoms. The third-order valence-electron chi connectivity index (χ3n) is 4.09. The molecule has 120 valence electrons. The van der Waals surface area contributed by atoms with Gasteiger partial charge in [0.05, 0.1) is 0 Å². The van der Waals surface area contributed by atoms with E-state index in [4.69, 9.17) is 16.7 Å². The van der Waals surface area contributed by atoms with Crippen molar-refractivity contribution >= 4 is 38.4 Å². The number of hydrogen-bond donors (Lipinski definition) is 2. The van der Waals surface area contributed by atoms with E-state index in [-0.39, 0.29) is 0 Å². The van der Waals surface area contributed by atoms with Crippen molar-refractivity contribution in [2.75, 3.05) is 24.5 Å². The van der Waals surface area contributed by atoms with E-state index in [1.807, 2.05) is 38.2 Å². The normalized spacial score (nSPS) is 19.7. The van der Waals surface area contributed by atoms with Crippen LogP contribution in [0.2, 0.25) is 5.02 Å². The van der Waals surface area contributed by atoms with Crippen LogP contribution in [0.5, 0.6) is 0 Å². The molecule has 0 amide bonds. The molecule has 0 saturated carbocycles. The van der Waals surface area contributed by atoms with E-state index >= 15 is 0 Å². The number of nitrogens with two attached hydrogens (primary N) is 1. The molecule has 1 aromatic heterocycles. The standard InChI is InChI=1S/C14H19ClN4O2S/c1-14(2)9-18(5-6-19(14)22(16,20)21)13-8-10(15)7-12-11(13)3-4-17-12/h3-4,7-8,17H,5-6,9H2,1-2H3,(H2,16,20,21). The molecule has 1 saturated heterocycles. The summed E-state index contributed by atoms with van der Waals surface area (Å²) in [6.07, 6.45) is 1.87. The number of anilines is 1. The van der Waals surface area contributed by atoms with E-state index < -0.39 is 15.7 Å². The summed E-state index contributed by atoms with van der Waals surface area (Å²) in [6.45, 7) is 5.22. The van der Waals surface area contributed by atoms with E-state index in [2.05, 4.69) is 9.88 Å². The maximum Gasteiger partial charge on any atom is 0.277 e. The number of hydrogen-bond acceptors (Lipinski definition) is 3. The zero-order chi connectivity index (χ0) is 16.1. The lowest BCUT2D eigenvalue weighted by molar-refractivity contribution is 0.205. The van der Waals surface area contributed by atoms with Gasteiger partial charge in [-0.25, -0.2) is 5.14 Å². The molecule has 0 atom stereocenters. The van der Waals surface area contributed by atoms with Crippen molar-refractivity contribution in [3.63, 3.8) is 0 Å². The number of halogens is 1. The molecule has 1 aliphatic heterocycles. The Balaban J connectivity index is 1.99. The first kappa shape index (κ1) is 15.6. The largest absolute Gasteiger partial charge is 0.368 e. The molecule has 6 nitrogen and oxygen atoms in total. The molecule has 2 aromatic rings. The quantitative estimate of drug-likeness (QED) is 0.874. The number of benzene rings is 1. The van der Waals surface area contributed by atoms with Gasteiger partial charge in [-0.3, -0.25) is 0 Å². The van der Waals surface area contributed by atoms with Gasteiger partial charge in [-0.1, -0.05) is 11.6 Å². The van der Waals surface area contributed by atoms with Crippen molar-refractivity contribution in [1.82, 2.24) is 9.29 Å². The molecule has 0 spiro atoms. The first-order valence-electron chi connectivity index (χ1n) is 7.01. The minimum Gasteiger partial charge on any atom is -0.368 e. The molecule has 3 rings (SSSR count). The second kappa shape index (κ2) is 5.13. The lowest BCUT2D eigenvalue weighted by Gasteiger charge is -2.46. The number of nitrogens with zero attached hydrogens (tertiary/aromatic N) is 2. The predicted octanol–water partition coefficient (Wildman–Crippen LogP) is 1.93. The first-order chi connectivity index (χ1) is 10.2. The van der Waals surface area contributed by atoms with Crippen molar-refractivity contribution in [2.45, 2.75) is 19.4 Å². The van der Waals surface area contributed by atoms with Gasteiger partial charge in [-0.15, -0.1) is 0 Å². The van der Waals surface area contributed by atoms with Gasteiger partial charge in [0.1, 0.15) is 0 Å². The summed E-state index contributed by atoms with van der Waals surface area (Å²) in [5.74, 6) is 0. The number of H-pyrrole nitrogens is 1. The summed E-state index contributed by atoms with van der Waals surface area (Å²) in [5, 5.41) is 7.04. The van der Waals surface area contributed by atoms with Crippen LogP contribution in [-0.2, 0) is 10.2 Å². The van der Waals surface area contributed by atoms with Crippen molar-refractivity contribution < 1.29 is 8.42 Å². The van der Waals surface area contributed by atoms with Crippen LogP contribution in [0.15, 0.2) is 24.4 Å². The highest BCUT2D eigenvalue weighted by Gasteiger charge is 2.39. The van der Waals surface area contributed by atoms with E-state index in [1.54, 1.807) is 0 Å². The monoisotopic (exact) mass is 342 g/mol. The Labute approximate surface area is 135 Å². The second-order valence-corrected chi connectivity index (χ2v) is 8.12. The topological polar surface area (TPSA) is 82.4 Å². The highest BCUT2D eigenvalue weighted by atomic mass is 35.5. The van der Waals surface area contributed by atoms with Gasteiger partial charge in [0, 0.05) is 53.0 Å². The zero-order valence-electron chi connectivity index (χ0n) is 12.5. The van der Waals surface area contributed by atoms with E-state index in [1.165, 1.54) is 4.31 Å². The number of aromatic nitrogens is 1. The molecule has 0 unspecified atom stereocenters. The van der Waals surface area contributed by atoms with Crippen LogP contribution >= 0.6 is 11.6 Å². The zero-order valence-corrected chi connectivity index (χ0v) is 14.1. The fraction of sp³-hybridized carbons (Fsp3) is 0.429. The van der Waals surface area contributed by atoms with E-state index in [0.29, 0.717) is 24.7 Å². The maximum atomic E-state index is 11.7. The molecule has 2 heterocycles. The molecule has 1 aliphatic rings. The van der Waals surface area contributed by atoms with Crippen molar-refractivity contribution in [2.24, 2.45) is 5.14 Å². The molecular weight excluding hydrogens is 324 g/mol. The summed E-state index contributed by atoms with van der Waals surface area (Å²) >= 11 is 6.20. The Morgan fingerprint density at radius 2 is 2.05 bits per heavy atom. The van der Waals surface area contributed by atoms with Gasteiger partial charge in [-0.05, 0) is 32.0 Å². The molecule has 3 N–H and O–H groups in total. The molecular formula is C14H19ClN4O2S. The van der Waals surface area contributed by atoms with Gasteiger partial charge >= 0.3 is 0 Å². The Kier molecular flexibility index (Phi) is 3.64. The highest BCUT2D eigenvalue weighted by Crippen LogP contribution is 2.34. The second-order valence-electron chi connectivity index (χ2n) is 6.21. The van der Waals surface area contributed by atoms with Crippen LogP contribution in [0.25, 0.3) is 10.9 Å². The molecule has 0 bridgehead atoms. The van der Waals surface area contributed by atoms with Crippen molar-refractivity contribution in [3.8, 4) is 0 Å². The molecule has 0 aliphatic carbocycles. The summed E-state index contributed by atoms with van der Waals surface area (Å²) in [5.41, 5.74) is 1.39. The number of aromatic amines is 1. The summed E-state index contributed by atoms with van der Waals surface area (Å²) in [4.78, 5) is 5.31. The third-order valence-corrected chi connectivity index (χ3v) is 5.60. The van der Waals surface area contributed by atoms with Crippen molar-refractivity contribution in [1.29, 1.82) is 0 Å². The third kappa shape index (κ3) is 2.69. The minimum atomic E-state index is -3.70. The Morgan fingerprint density at radius 1 is 1.32 bits per heavy atom. The van der Waals surface area contributed by atoms with Crippen molar-refractivity contribution in [3.05, 3.63) is 29.4 Å². The summed E-state index contributed by atoms with van der Waals surface area (Å²) in [7, 11) is -3.70. The van der Waals surface area contributed by atoms with Crippen LogP contribution < -0.4 is 10.0 Å². The molecule has 0 radical (unpaired) electrons. The highest BCUT2D eigenvalue weighted by molar-refractivity contribution is 7.86. The number of fused-ring (bicyclic) bond motifs is 1. The number of piperazine rings is 1. The SMILES string of the molecule is CC1(C)CN(c2cc(Cl)cc3[nH]ccc23)CCN1S(N)(=O)=O. The van der Waals surface area contributed by atoms with Gasteiger partial charge in [0.2, 0.25) is 0 Å². The van der Waals surface area contributed by atoms with Gasteiger partial charge < -0.3 is 9.88 Å². The Bertz CT molecular complexity index is 815. The average Bonchev–Trinajstić information content (AvgIpc) is 2.82. The lowest BCUT2D eigenvalue weighted by Crippen LogP contribution is -2.62. The van der Waals surface area contributed by atoms with Crippen LogP contribution in [0.3, 0.4) is 0 Å². The van der Waals surface area contributed by atoms with E-state index in [0.717, 1.165) is 16.6 Å². The van der Waals surface area contributed by atoms with Crippen LogP contribution in [0.1, 0.15) is 13.8 Å². The summed E-state index contributed by atoms with van der Waals surface area (Å²) < 4.78 is 24.8. The van der Waals surface area contributed by atoms with Gasteiger partial charge in [0.15, 0.2) is 0 Å². The van der Waals surface area contributed by atoms with Crippen LogP contribution in [0, 0.1) is 0 Å². The maximum absolute atomic E-state index is 11.7. The van der Waals surface area contributed by atoms with Crippen LogP contribution in [0.4, 0.5) is 5.69 Å². The van der Waals surface area contributed by atoms with Gasteiger partial charge in [-0.2, -0.15) is 12.7 Å². The smallest absolute Gasteiger partial charge is 0.277 e. The number of rotatable bonds is 2. The fourth-order valence-corrected chi connectivity index (χ4v) is 4.49. The predicted molar refractivity (Wildman–Crippen MR) is 89.4 cm³/mol. The Hall–Kier alpha value is -1.28. The fourth-order valence-electron chi connectivity index (χ4n) is 3.19. The average molecular weight is 343 g/mol. The van der Waals surface area contributed by atoms with E-state index in [9.17, 15) is 8.42 Å². The number of nitrogens with one attached hydrogen (secondary N) is 1. The first-order valence-corrected chi connectivity index (χ1v) is 8.89. The van der Waals surface area contributed by atoms with Crippen LogP contribution in [-0.4, -0.2) is 42.9 Å².